The van der Waals surface area contributed by atoms with Crippen molar-refractivity contribution in [3.8, 4) is 0 Å². The predicted octanol–water partition coefficient (Wildman–Crippen LogP) is 3.59. The molecule has 0 saturated heterocycles. The van der Waals surface area contributed by atoms with E-state index in [1.165, 1.54) is 0 Å². The summed E-state index contributed by atoms with van der Waals surface area (Å²) in [6.07, 6.45) is -0.455. The third-order valence-electron chi connectivity index (χ3n) is 3.45. The van der Waals surface area contributed by atoms with Crippen molar-refractivity contribution in [1.82, 2.24) is 4.98 Å². The number of fused-ring (bicyclic) bond motifs is 1. The number of benzene rings is 2. The normalized spacial score (nSPS) is 14.2. The fraction of sp³-hybridized carbons (Fsp3) is 0.235. The molecule has 0 amide bonds. The van der Waals surface area contributed by atoms with E-state index in [1.807, 2.05) is 54.6 Å². The molecular weight excluding hydrogens is 282 g/mol. The van der Waals surface area contributed by atoms with Crippen molar-refractivity contribution < 1.29 is 9.84 Å². The Morgan fingerprint density at radius 2 is 1.81 bits per heavy atom. The number of methoxy groups -OCH3 is 1. The highest BCUT2D eigenvalue weighted by atomic mass is 32.1. The lowest BCUT2D eigenvalue weighted by Crippen LogP contribution is -2.22. The van der Waals surface area contributed by atoms with Crippen LogP contribution in [0, 0.1) is 0 Å². The van der Waals surface area contributed by atoms with Gasteiger partial charge in [-0.05, 0) is 17.7 Å². The molecule has 3 nitrogen and oxygen atoms in total. The van der Waals surface area contributed by atoms with Gasteiger partial charge in [-0.1, -0.05) is 42.5 Å². The van der Waals surface area contributed by atoms with Crippen LogP contribution in [0.4, 0.5) is 0 Å². The molecule has 21 heavy (non-hydrogen) atoms. The van der Waals surface area contributed by atoms with Gasteiger partial charge in [0, 0.05) is 13.5 Å². The number of para-hydroxylation sites is 1. The number of hydrogen-bond donors (Lipinski definition) is 1. The van der Waals surface area contributed by atoms with Crippen LogP contribution in [-0.4, -0.2) is 23.3 Å². The first kappa shape index (κ1) is 14.2. The van der Waals surface area contributed by atoms with E-state index in [-0.39, 0.29) is 6.10 Å². The summed E-state index contributed by atoms with van der Waals surface area (Å²) >= 11 is 1.62. The van der Waals surface area contributed by atoms with Gasteiger partial charge in [-0.2, -0.15) is 0 Å². The molecule has 0 bridgehead atoms. The van der Waals surface area contributed by atoms with Crippen molar-refractivity contribution in [2.24, 2.45) is 0 Å². The summed E-state index contributed by atoms with van der Waals surface area (Å²) in [6, 6.07) is 17.8. The number of nitrogens with zero attached hydrogens (tertiary/aromatic N) is 1. The largest absolute Gasteiger partial charge is 0.390 e. The van der Waals surface area contributed by atoms with E-state index >= 15 is 0 Å². The van der Waals surface area contributed by atoms with Gasteiger partial charge in [0.1, 0.15) is 6.10 Å². The second kappa shape index (κ2) is 6.35. The van der Waals surface area contributed by atoms with E-state index < -0.39 is 6.10 Å². The SMILES string of the molecule is COC(c1ccccc1)C(O)Cc1nc2ccccc2s1. The summed E-state index contributed by atoms with van der Waals surface area (Å²) < 4.78 is 6.62. The van der Waals surface area contributed by atoms with Crippen LogP contribution in [0.25, 0.3) is 10.2 Å². The molecule has 3 rings (SSSR count). The number of hydrogen-bond acceptors (Lipinski definition) is 4. The smallest absolute Gasteiger partial charge is 0.108 e. The number of aliphatic hydroxyl groups excluding tert-OH is 1. The van der Waals surface area contributed by atoms with E-state index in [0.717, 1.165) is 20.8 Å². The molecule has 0 saturated carbocycles. The summed E-state index contributed by atoms with van der Waals surface area (Å²) in [6.45, 7) is 0. The van der Waals surface area contributed by atoms with Crippen molar-refractivity contribution in [2.45, 2.75) is 18.6 Å². The first-order valence-corrected chi connectivity index (χ1v) is 7.70. The highest BCUT2D eigenvalue weighted by Crippen LogP contribution is 2.27. The van der Waals surface area contributed by atoms with Crippen LogP contribution in [0.15, 0.2) is 54.6 Å². The molecule has 2 unspecified atom stereocenters. The number of thiazole rings is 1. The van der Waals surface area contributed by atoms with Crippen LogP contribution in [0.1, 0.15) is 16.7 Å². The zero-order chi connectivity index (χ0) is 14.7. The summed E-state index contributed by atoms with van der Waals surface area (Å²) in [5.74, 6) is 0. The first-order valence-electron chi connectivity index (χ1n) is 6.88. The van der Waals surface area contributed by atoms with Gasteiger partial charge in [-0.25, -0.2) is 4.98 Å². The van der Waals surface area contributed by atoms with Gasteiger partial charge >= 0.3 is 0 Å². The molecule has 0 aliphatic rings. The van der Waals surface area contributed by atoms with Gasteiger partial charge in [-0.3, -0.25) is 0 Å². The lowest BCUT2D eigenvalue weighted by molar-refractivity contribution is -0.0128. The summed E-state index contributed by atoms with van der Waals surface area (Å²) in [7, 11) is 1.62. The van der Waals surface area contributed by atoms with Gasteiger partial charge < -0.3 is 9.84 Å². The molecule has 0 aliphatic carbocycles. The first-order chi connectivity index (χ1) is 10.3. The molecule has 2 aromatic carbocycles. The molecule has 108 valence electrons. The van der Waals surface area contributed by atoms with Crippen LogP contribution in [-0.2, 0) is 11.2 Å². The molecular formula is C17H17NO2S. The number of rotatable bonds is 5. The van der Waals surface area contributed by atoms with Gasteiger partial charge in [0.25, 0.3) is 0 Å². The zero-order valence-electron chi connectivity index (χ0n) is 11.8. The Kier molecular flexibility index (Phi) is 4.29. The highest BCUT2D eigenvalue weighted by molar-refractivity contribution is 7.18. The van der Waals surface area contributed by atoms with Gasteiger partial charge in [0.2, 0.25) is 0 Å². The van der Waals surface area contributed by atoms with Gasteiger partial charge in [-0.15, -0.1) is 11.3 Å². The van der Waals surface area contributed by atoms with Crippen LogP contribution in [0.5, 0.6) is 0 Å². The van der Waals surface area contributed by atoms with Gasteiger partial charge in [0.05, 0.1) is 21.3 Å². The van der Waals surface area contributed by atoms with Crippen molar-refractivity contribution in [1.29, 1.82) is 0 Å². The second-order valence-corrected chi connectivity index (χ2v) is 6.03. The molecule has 2 atom stereocenters. The molecule has 0 fully saturated rings. The summed E-state index contributed by atoms with van der Waals surface area (Å²) in [4.78, 5) is 4.57. The minimum Gasteiger partial charge on any atom is -0.390 e. The van der Waals surface area contributed by atoms with E-state index in [9.17, 15) is 5.11 Å². The molecule has 0 aliphatic heterocycles. The molecule has 0 radical (unpaired) electrons. The van der Waals surface area contributed by atoms with E-state index in [0.29, 0.717) is 6.42 Å². The quantitative estimate of drug-likeness (QED) is 0.783. The number of ether oxygens (including phenoxy) is 1. The fourth-order valence-electron chi connectivity index (χ4n) is 2.45. The molecule has 1 heterocycles. The Morgan fingerprint density at radius 1 is 1.10 bits per heavy atom. The Morgan fingerprint density at radius 3 is 2.52 bits per heavy atom. The second-order valence-electron chi connectivity index (χ2n) is 4.91. The standard InChI is InChI=1S/C17H17NO2S/c1-20-17(12-7-3-2-4-8-12)14(19)11-16-18-13-9-5-6-10-15(13)21-16/h2-10,14,17,19H,11H2,1H3. The van der Waals surface area contributed by atoms with Crippen molar-refractivity contribution in [2.75, 3.05) is 7.11 Å². The van der Waals surface area contributed by atoms with E-state index in [4.69, 9.17) is 4.74 Å². The van der Waals surface area contributed by atoms with E-state index in [1.54, 1.807) is 18.4 Å². The summed E-state index contributed by atoms with van der Waals surface area (Å²) in [5.41, 5.74) is 1.96. The van der Waals surface area contributed by atoms with Crippen LogP contribution in [0.3, 0.4) is 0 Å². The Labute approximate surface area is 127 Å². The van der Waals surface area contributed by atoms with Crippen molar-refractivity contribution >= 4 is 21.6 Å². The highest BCUT2D eigenvalue weighted by Gasteiger charge is 2.22. The third-order valence-corrected chi connectivity index (χ3v) is 4.51. The minimum atomic E-state index is -0.613. The third kappa shape index (κ3) is 3.13. The fourth-order valence-corrected chi connectivity index (χ4v) is 3.47. The molecule has 4 heteroatoms. The molecule has 3 aromatic rings. The minimum absolute atomic E-state index is 0.335. The molecule has 0 spiro atoms. The van der Waals surface area contributed by atoms with Crippen LogP contribution < -0.4 is 0 Å². The van der Waals surface area contributed by atoms with Crippen molar-refractivity contribution in [3.05, 3.63) is 65.2 Å². The average Bonchev–Trinajstić information content (AvgIpc) is 2.91. The average molecular weight is 299 g/mol. The lowest BCUT2D eigenvalue weighted by Gasteiger charge is -2.21. The van der Waals surface area contributed by atoms with Gasteiger partial charge in [0.15, 0.2) is 0 Å². The Bertz CT molecular complexity index is 678. The maximum Gasteiger partial charge on any atom is 0.108 e. The molecule has 1 aromatic heterocycles. The summed E-state index contributed by atoms with van der Waals surface area (Å²) in [5, 5.41) is 11.4. The lowest BCUT2D eigenvalue weighted by atomic mass is 10.0. The Balaban J connectivity index is 1.79. The monoisotopic (exact) mass is 299 g/mol. The molecule has 1 N–H and O–H groups in total. The predicted molar refractivity (Wildman–Crippen MR) is 85.5 cm³/mol. The number of aromatic nitrogens is 1. The van der Waals surface area contributed by atoms with E-state index in [2.05, 4.69) is 4.98 Å². The number of aliphatic hydroxyl groups is 1. The van der Waals surface area contributed by atoms with Crippen molar-refractivity contribution in [3.63, 3.8) is 0 Å². The van der Waals surface area contributed by atoms with Crippen LogP contribution >= 0.6 is 11.3 Å². The zero-order valence-corrected chi connectivity index (χ0v) is 12.6. The van der Waals surface area contributed by atoms with Crippen LogP contribution in [0.2, 0.25) is 0 Å². The maximum atomic E-state index is 10.5. The maximum absolute atomic E-state index is 10.5. The topological polar surface area (TPSA) is 42.4 Å². The Hall–Kier alpha value is -1.75.